The van der Waals surface area contributed by atoms with Crippen LogP contribution in [0.25, 0.3) is 22.6 Å². The van der Waals surface area contributed by atoms with Gasteiger partial charge in [0, 0.05) is 5.56 Å². The first-order valence-corrected chi connectivity index (χ1v) is 5.41. The second-order valence-electron chi connectivity index (χ2n) is 3.87. The molecule has 88 valence electrons. The van der Waals surface area contributed by atoms with Crippen LogP contribution in [0.3, 0.4) is 0 Å². The highest BCUT2D eigenvalue weighted by atomic mass is 15.0. The van der Waals surface area contributed by atoms with Crippen LogP contribution in [-0.2, 0) is 0 Å². The maximum Gasteiger partial charge on any atom is 0.181 e. The van der Waals surface area contributed by atoms with Crippen LogP contribution in [-0.4, -0.2) is 19.9 Å². The first kappa shape index (κ1) is 10.9. The van der Waals surface area contributed by atoms with Crippen LogP contribution in [0.1, 0.15) is 11.1 Å². The summed E-state index contributed by atoms with van der Waals surface area (Å²) >= 11 is 0. The fourth-order valence-corrected chi connectivity index (χ4v) is 1.79. The molecule has 3 rings (SSSR count). The minimum Gasteiger partial charge on any atom is -0.335 e. The predicted octanol–water partition coefficient (Wildman–Crippen LogP) is 1.76. The number of nitriles is 2. The molecule has 0 saturated heterocycles. The number of imidazole rings is 1. The maximum absolute atomic E-state index is 8.96. The fourth-order valence-electron chi connectivity index (χ4n) is 1.79. The van der Waals surface area contributed by atoms with Crippen LogP contribution in [0, 0.1) is 22.7 Å². The van der Waals surface area contributed by atoms with Gasteiger partial charge in [-0.3, -0.25) is 0 Å². The molecule has 6 heteroatoms. The molecular weight excluding hydrogens is 240 g/mol. The largest absolute Gasteiger partial charge is 0.335 e. The van der Waals surface area contributed by atoms with Gasteiger partial charge in [0.15, 0.2) is 5.65 Å². The predicted molar refractivity (Wildman–Crippen MR) is 66.5 cm³/mol. The molecule has 0 bridgehead atoms. The number of nitrogens with zero attached hydrogens (tertiary/aromatic N) is 5. The van der Waals surface area contributed by atoms with Crippen LogP contribution >= 0.6 is 0 Å². The molecule has 0 radical (unpaired) electrons. The van der Waals surface area contributed by atoms with Crippen LogP contribution in [0.5, 0.6) is 0 Å². The Bertz CT molecular complexity index is 784. The summed E-state index contributed by atoms with van der Waals surface area (Å²) < 4.78 is 0. The first-order valence-electron chi connectivity index (χ1n) is 5.41. The lowest BCUT2D eigenvalue weighted by molar-refractivity contribution is 1.20. The highest BCUT2D eigenvalue weighted by Crippen LogP contribution is 2.21. The summed E-state index contributed by atoms with van der Waals surface area (Å²) in [5.74, 6) is 0.559. The molecule has 19 heavy (non-hydrogen) atoms. The molecule has 2 aromatic heterocycles. The molecule has 3 aromatic rings. The number of rotatable bonds is 1. The number of aromatic nitrogens is 4. The second kappa shape index (κ2) is 4.21. The SMILES string of the molecule is N#Cc1cc(C#N)cc(-c2nc3ncncc3[nH]2)c1. The highest BCUT2D eigenvalue weighted by molar-refractivity contribution is 5.75. The van der Waals surface area contributed by atoms with Gasteiger partial charge >= 0.3 is 0 Å². The van der Waals surface area contributed by atoms with Gasteiger partial charge in [-0.05, 0) is 18.2 Å². The summed E-state index contributed by atoms with van der Waals surface area (Å²) in [4.78, 5) is 15.3. The van der Waals surface area contributed by atoms with Crippen molar-refractivity contribution < 1.29 is 0 Å². The number of hydrogen-bond acceptors (Lipinski definition) is 5. The normalized spacial score (nSPS) is 10.0. The molecule has 1 N–H and O–H groups in total. The average molecular weight is 246 g/mol. The van der Waals surface area contributed by atoms with Crippen LogP contribution < -0.4 is 0 Å². The van der Waals surface area contributed by atoms with Gasteiger partial charge in [0.05, 0.1) is 29.5 Å². The number of nitrogens with one attached hydrogen (secondary N) is 1. The molecule has 0 atom stereocenters. The molecule has 0 aliphatic rings. The lowest BCUT2D eigenvalue weighted by atomic mass is 10.1. The summed E-state index contributed by atoms with van der Waals surface area (Å²) in [7, 11) is 0. The van der Waals surface area contributed by atoms with E-state index in [0.29, 0.717) is 33.7 Å². The number of hydrogen-bond donors (Lipinski definition) is 1. The number of aromatic amines is 1. The molecule has 0 amide bonds. The van der Waals surface area contributed by atoms with E-state index < -0.39 is 0 Å². The van der Waals surface area contributed by atoms with Gasteiger partial charge < -0.3 is 4.98 Å². The molecule has 1 aromatic carbocycles. The minimum absolute atomic E-state index is 0.417. The second-order valence-corrected chi connectivity index (χ2v) is 3.87. The lowest BCUT2D eigenvalue weighted by Gasteiger charge is -1.98. The van der Waals surface area contributed by atoms with Gasteiger partial charge in [-0.2, -0.15) is 10.5 Å². The van der Waals surface area contributed by atoms with Crippen LogP contribution in [0.2, 0.25) is 0 Å². The molecular formula is C13H6N6. The van der Waals surface area contributed by atoms with E-state index in [0.717, 1.165) is 0 Å². The third-order valence-corrected chi connectivity index (χ3v) is 2.63. The van der Waals surface area contributed by atoms with Gasteiger partial charge in [0.2, 0.25) is 0 Å². The molecule has 0 aliphatic heterocycles. The van der Waals surface area contributed by atoms with Gasteiger partial charge in [-0.1, -0.05) is 0 Å². The van der Waals surface area contributed by atoms with Gasteiger partial charge in [-0.25, -0.2) is 15.0 Å². The van der Waals surface area contributed by atoms with Gasteiger partial charge in [0.25, 0.3) is 0 Å². The monoisotopic (exact) mass is 246 g/mol. The Morgan fingerprint density at radius 2 is 1.79 bits per heavy atom. The van der Waals surface area contributed by atoms with E-state index in [-0.39, 0.29) is 0 Å². The van der Waals surface area contributed by atoms with E-state index in [9.17, 15) is 0 Å². The summed E-state index contributed by atoms with van der Waals surface area (Å²) in [5, 5.41) is 17.9. The topological polar surface area (TPSA) is 102 Å². The fraction of sp³-hybridized carbons (Fsp3) is 0. The number of fused-ring (bicyclic) bond motifs is 1. The van der Waals surface area contributed by atoms with Crippen molar-refractivity contribution in [1.82, 2.24) is 19.9 Å². The Morgan fingerprint density at radius 1 is 1.05 bits per heavy atom. The zero-order chi connectivity index (χ0) is 13.2. The molecule has 0 spiro atoms. The van der Waals surface area contributed by atoms with Crippen molar-refractivity contribution in [3.63, 3.8) is 0 Å². The highest BCUT2D eigenvalue weighted by Gasteiger charge is 2.08. The van der Waals surface area contributed by atoms with Gasteiger partial charge in [0.1, 0.15) is 17.7 Å². The van der Waals surface area contributed by atoms with E-state index in [1.54, 1.807) is 18.3 Å². The summed E-state index contributed by atoms with van der Waals surface area (Å²) in [6, 6.07) is 8.93. The molecule has 0 saturated carbocycles. The summed E-state index contributed by atoms with van der Waals surface area (Å²) in [6.07, 6.45) is 3.04. The van der Waals surface area contributed by atoms with Crippen molar-refractivity contribution in [2.24, 2.45) is 0 Å². The number of H-pyrrole nitrogens is 1. The van der Waals surface area contributed by atoms with Crippen molar-refractivity contribution in [2.45, 2.75) is 0 Å². The van der Waals surface area contributed by atoms with E-state index in [2.05, 4.69) is 19.9 Å². The molecule has 0 unspecified atom stereocenters. The third-order valence-electron chi connectivity index (χ3n) is 2.63. The van der Waals surface area contributed by atoms with Gasteiger partial charge in [-0.15, -0.1) is 0 Å². The van der Waals surface area contributed by atoms with Crippen LogP contribution in [0.15, 0.2) is 30.7 Å². The zero-order valence-electron chi connectivity index (χ0n) is 9.62. The molecule has 6 nitrogen and oxygen atoms in total. The van der Waals surface area contributed by atoms with Crippen molar-refractivity contribution in [3.8, 4) is 23.5 Å². The summed E-state index contributed by atoms with van der Waals surface area (Å²) in [6.45, 7) is 0. The van der Waals surface area contributed by atoms with E-state index in [1.807, 2.05) is 12.1 Å². The Morgan fingerprint density at radius 3 is 2.42 bits per heavy atom. The Kier molecular flexibility index (Phi) is 2.41. The van der Waals surface area contributed by atoms with Crippen molar-refractivity contribution >= 4 is 11.2 Å². The average Bonchev–Trinajstić information content (AvgIpc) is 2.90. The van der Waals surface area contributed by atoms with Crippen molar-refractivity contribution in [3.05, 3.63) is 41.9 Å². The minimum atomic E-state index is 0.417. The van der Waals surface area contributed by atoms with Crippen molar-refractivity contribution in [2.75, 3.05) is 0 Å². The Labute approximate surface area is 108 Å². The number of benzene rings is 1. The Balaban J connectivity index is 2.21. The van der Waals surface area contributed by atoms with Crippen molar-refractivity contribution in [1.29, 1.82) is 10.5 Å². The van der Waals surface area contributed by atoms with E-state index in [4.69, 9.17) is 10.5 Å². The summed E-state index contributed by atoms with van der Waals surface area (Å²) in [5.41, 5.74) is 2.76. The molecule has 2 heterocycles. The lowest BCUT2D eigenvalue weighted by Crippen LogP contribution is -1.86. The maximum atomic E-state index is 8.96. The molecule has 0 fully saturated rings. The Hall–Kier alpha value is -3.25. The smallest absolute Gasteiger partial charge is 0.181 e. The zero-order valence-corrected chi connectivity index (χ0v) is 9.62. The standard InChI is InChI=1S/C13H6N6/c14-4-8-1-9(5-15)3-10(2-8)12-18-11-6-16-7-17-13(11)19-12/h1-3,6-7H,(H,16,17,18,19). The van der Waals surface area contributed by atoms with E-state index >= 15 is 0 Å². The molecule has 0 aliphatic carbocycles. The quantitative estimate of drug-likeness (QED) is 0.704. The van der Waals surface area contributed by atoms with E-state index in [1.165, 1.54) is 12.4 Å². The van der Waals surface area contributed by atoms with Crippen LogP contribution in [0.4, 0.5) is 0 Å². The third kappa shape index (κ3) is 1.88. The first-order chi connectivity index (χ1) is 9.30.